The quantitative estimate of drug-likeness (QED) is 0.359. The molecule has 2 heteroatoms. The van der Waals surface area contributed by atoms with Gasteiger partial charge in [-0.3, -0.25) is 0 Å². The second-order valence-electron chi connectivity index (χ2n) is 8.85. The molecule has 158 valence electrons. The van der Waals surface area contributed by atoms with E-state index in [1.165, 1.54) is 56.9 Å². The van der Waals surface area contributed by atoms with E-state index in [0.29, 0.717) is 16.9 Å². The van der Waals surface area contributed by atoms with E-state index in [2.05, 4.69) is 25.1 Å². The summed E-state index contributed by atoms with van der Waals surface area (Å²) in [6.07, 6.45) is 10.7. The highest BCUT2D eigenvalue weighted by molar-refractivity contribution is 5.89. The van der Waals surface area contributed by atoms with Crippen LogP contribution in [0, 0.1) is 11.7 Å². The van der Waals surface area contributed by atoms with Crippen molar-refractivity contribution in [3.8, 4) is 16.9 Å². The number of rotatable bonds is 7. The van der Waals surface area contributed by atoms with Crippen molar-refractivity contribution in [2.45, 2.75) is 64.2 Å². The summed E-state index contributed by atoms with van der Waals surface area (Å²) in [4.78, 5) is 0. The SMILES string of the molecule is CCCCCC1CCC(c2ccc3c(F)c(-c4ccc(OC)cc4)ccc3c2)CC1. The van der Waals surface area contributed by atoms with Crippen LogP contribution in [0.1, 0.15) is 69.8 Å². The third-order valence-electron chi connectivity index (χ3n) is 6.91. The number of benzene rings is 3. The van der Waals surface area contributed by atoms with Gasteiger partial charge in [-0.25, -0.2) is 4.39 Å². The zero-order valence-electron chi connectivity index (χ0n) is 18.3. The normalized spacial score (nSPS) is 19.2. The van der Waals surface area contributed by atoms with Crippen molar-refractivity contribution in [3.63, 3.8) is 0 Å². The lowest BCUT2D eigenvalue weighted by Crippen LogP contribution is -2.13. The van der Waals surface area contributed by atoms with Crippen LogP contribution in [-0.2, 0) is 0 Å². The Labute approximate surface area is 180 Å². The van der Waals surface area contributed by atoms with Crippen molar-refractivity contribution in [2.75, 3.05) is 7.11 Å². The van der Waals surface area contributed by atoms with E-state index in [-0.39, 0.29) is 5.82 Å². The summed E-state index contributed by atoms with van der Waals surface area (Å²) in [5.41, 5.74) is 2.90. The molecule has 0 aromatic heterocycles. The summed E-state index contributed by atoms with van der Waals surface area (Å²) in [6, 6.07) is 17.9. The molecule has 1 saturated carbocycles. The minimum absolute atomic E-state index is 0.135. The van der Waals surface area contributed by atoms with Crippen molar-refractivity contribution in [2.24, 2.45) is 5.92 Å². The number of hydrogen-bond donors (Lipinski definition) is 0. The molecule has 1 nitrogen and oxygen atoms in total. The first-order chi connectivity index (χ1) is 14.7. The lowest BCUT2D eigenvalue weighted by molar-refractivity contribution is 0.303. The van der Waals surface area contributed by atoms with Gasteiger partial charge < -0.3 is 4.74 Å². The Kier molecular flexibility index (Phi) is 6.72. The second-order valence-corrected chi connectivity index (χ2v) is 8.85. The number of ether oxygens (including phenoxy) is 1. The van der Waals surface area contributed by atoms with Crippen LogP contribution in [0.25, 0.3) is 21.9 Å². The Morgan fingerprint density at radius 1 is 0.900 bits per heavy atom. The fourth-order valence-corrected chi connectivity index (χ4v) is 5.03. The van der Waals surface area contributed by atoms with Crippen LogP contribution < -0.4 is 4.74 Å². The molecule has 0 N–H and O–H groups in total. The van der Waals surface area contributed by atoms with Gasteiger partial charge in [0, 0.05) is 10.9 Å². The topological polar surface area (TPSA) is 9.23 Å². The van der Waals surface area contributed by atoms with E-state index in [9.17, 15) is 0 Å². The molecule has 0 heterocycles. The number of halogens is 1. The Balaban J connectivity index is 1.50. The Morgan fingerprint density at radius 2 is 1.67 bits per heavy atom. The van der Waals surface area contributed by atoms with Crippen LogP contribution in [-0.4, -0.2) is 7.11 Å². The number of methoxy groups -OCH3 is 1. The van der Waals surface area contributed by atoms with Gasteiger partial charge in [-0.2, -0.15) is 0 Å². The molecule has 0 unspecified atom stereocenters. The van der Waals surface area contributed by atoms with Crippen molar-refractivity contribution >= 4 is 10.8 Å². The van der Waals surface area contributed by atoms with Gasteiger partial charge in [0.25, 0.3) is 0 Å². The summed E-state index contributed by atoms with van der Waals surface area (Å²) in [5, 5.41) is 1.72. The highest BCUT2D eigenvalue weighted by Crippen LogP contribution is 2.39. The molecule has 30 heavy (non-hydrogen) atoms. The van der Waals surface area contributed by atoms with Gasteiger partial charge in [0.2, 0.25) is 0 Å². The number of fused-ring (bicyclic) bond motifs is 1. The summed E-state index contributed by atoms with van der Waals surface area (Å²) in [7, 11) is 1.64. The van der Waals surface area contributed by atoms with Crippen molar-refractivity contribution in [1.82, 2.24) is 0 Å². The fraction of sp³-hybridized carbons (Fsp3) is 0.429. The minimum Gasteiger partial charge on any atom is -0.497 e. The maximum atomic E-state index is 15.3. The lowest BCUT2D eigenvalue weighted by Gasteiger charge is -2.29. The first-order valence-electron chi connectivity index (χ1n) is 11.6. The van der Waals surface area contributed by atoms with Crippen LogP contribution in [0.3, 0.4) is 0 Å². The predicted octanol–water partition coefficient (Wildman–Crippen LogP) is 8.51. The monoisotopic (exact) mass is 404 g/mol. The molecule has 0 radical (unpaired) electrons. The van der Waals surface area contributed by atoms with E-state index in [0.717, 1.165) is 22.6 Å². The van der Waals surface area contributed by atoms with Gasteiger partial charge >= 0.3 is 0 Å². The van der Waals surface area contributed by atoms with Gasteiger partial charge in [0.1, 0.15) is 11.6 Å². The van der Waals surface area contributed by atoms with Gasteiger partial charge in [-0.1, -0.05) is 75.1 Å². The smallest absolute Gasteiger partial charge is 0.138 e. The fourth-order valence-electron chi connectivity index (χ4n) is 5.03. The predicted molar refractivity (Wildman–Crippen MR) is 125 cm³/mol. The van der Waals surface area contributed by atoms with E-state index in [1.54, 1.807) is 7.11 Å². The maximum absolute atomic E-state index is 15.3. The Bertz CT molecular complexity index is 968. The van der Waals surface area contributed by atoms with Gasteiger partial charge in [-0.05, 0) is 66.2 Å². The zero-order valence-corrected chi connectivity index (χ0v) is 18.3. The minimum atomic E-state index is -0.135. The number of hydrogen-bond acceptors (Lipinski definition) is 1. The van der Waals surface area contributed by atoms with Crippen molar-refractivity contribution < 1.29 is 9.13 Å². The molecule has 3 aromatic carbocycles. The molecular weight excluding hydrogens is 371 g/mol. The van der Waals surface area contributed by atoms with Crippen LogP contribution in [0.2, 0.25) is 0 Å². The van der Waals surface area contributed by atoms with Gasteiger partial charge in [-0.15, -0.1) is 0 Å². The average molecular weight is 405 g/mol. The molecule has 0 bridgehead atoms. The Morgan fingerprint density at radius 3 is 2.37 bits per heavy atom. The maximum Gasteiger partial charge on any atom is 0.138 e. The van der Waals surface area contributed by atoms with Crippen molar-refractivity contribution in [1.29, 1.82) is 0 Å². The second kappa shape index (κ2) is 9.64. The highest BCUT2D eigenvalue weighted by atomic mass is 19.1. The molecule has 1 fully saturated rings. The molecule has 0 amide bonds. The first-order valence-corrected chi connectivity index (χ1v) is 11.6. The summed E-state index contributed by atoms with van der Waals surface area (Å²) in [5.74, 6) is 2.19. The van der Waals surface area contributed by atoms with Crippen LogP contribution in [0.5, 0.6) is 5.75 Å². The van der Waals surface area contributed by atoms with Gasteiger partial charge in [0.15, 0.2) is 0 Å². The van der Waals surface area contributed by atoms with E-state index in [4.69, 9.17) is 4.74 Å². The molecule has 0 spiro atoms. The molecule has 4 rings (SSSR count). The molecule has 1 aliphatic carbocycles. The standard InChI is InChI=1S/C28H33FO/c1-3-4-5-6-20-7-9-21(10-8-20)23-13-17-27-24(19-23)14-18-26(28(27)29)22-11-15-25(30-2)16-12-22/h11-21H,3-10H2,1-2H3. The highest BCUT2D eigenvalue weighted by Gasteiger charge is 2.22. The lowest BCUT2D eigenvalue weighted by atomic mass is 9.76. The largest absolute Gasteiger partial charge is 0.497 e. The van der Waals surface area contributed by atoms with E-state index < -0.39 is 0 Å². The zero-order chi connectivity index (χ0) is 20.9. The molecule has 3 aromatic rings. The van der Waals surface area contributed by atoms with Crippen LogP contribution in [0.15, 0.2) is 54.6 Å². The Hall–Kier alpha value is -2.35. The average Bonchev–Trinajstić information content (AvgIpc) is 2.80. The number of unbranched alkanes of at least 4 members (excludes halogenated alkanes) is 2. The van der Waals surface area contributed by atoms with Crippen LogP contribution >= 0.6 is 0 Å². The molecule has 0 atom stereocenters. The third kappa shape index (κ3) is 4.53. The van der Waals surface area contributed by atoms with Crippen molar-refractivity contribution in [3.05, 3.63) is 66.0 Å². The van der Waals surface area contributed by atoms with E-state index in [1.807, 2.05) is 36.4 Å². The van der Waals surface area contributed by atoms with E-state index >= 15 is 4.39 Å². The summed E-state index contributed by atoms with van der Waals surface area (Å²) in [6.45, 7) is 2.28. The molecular formula is C28H33FO. The van der Waals surface area contributed by atoms with Crippen LogP contribution in [0.4, 0.5) is 4.39 Å². The molecule has 1 aliphatic rings. The third-order valence-corrected chi connectivity index (χ3v) is 6.91. The molecule has 0 saturated heterocycles. The summed E-state index contributed by atoms with van der Waals surface area (Å²) < 4.78 is 20.5. The molecule has 0 aliphatic heterocycles. The van der Waals surface area contributed by atoms with Gasteiger partial charge in [0.05, 0.1) is 7.11 Å². The summed E-state index contributed by atoms with van der Waals surface area (Å²) >= 11 is 0. The first kappa shape index (κ1) is 20.9.